The van der Waals surface area contributed by atoms with Crippen LogP contribution in [0.3, 0.4) is 0 Å². The Morgan fingerprint density at radius 2 is 1.95 bits per heavy atom. The number of nitro benzene ring substituents is 1. The van der Waals surface area contributed by atoms with Crippen LogP contribution in [0.5, 0.6) is 5.75 Å². The smallest absolute Gasteiger partial charge is 0.311 e. The van der Waals surface area contributed by atoms with Gasteiger partial charge in [-0.25, -0.2) is 4.98 Å². The first kappa shape index (κ1) is 14.2. The minimum atomic E-state index is -0.460. The average Bonchev–Trinajstić information content (AvgIpc) is 3.05. The van der Waals surface area contributed by atoms with E-state index in [-0.39, 0.29) is 11.4 Å². The van der Waals surface area contributed by atoms with E-state index in [1.807, 2.05) is 17.5 Å². The molecule has 0 saturated heterocycles. The SMILES string of the molecule is COc1ccc(-c2csc(-c3ccncc3)n2)cc1[N+](=O)[O-]. The fraction of sp³-hybridized carbons (Fsp3) is 0.0667. The van der Waals surface area contributed by atoms with Crippen molar-refractivity contribution in [1.82, 2.24) is 9.97 Å². The minimum absolute atomic E-state index is 0.0709. The van der Waals surface area contributed by atoms with Crippen LogP contribution >= 0.6 is 11.3 Å². The molecule has 0 aliphatic rings. The first-order valence-electron chi connectivity index (χ1n) is 6.38. The van der Waals surface area contributed by atoms with Crippen LogP contribution in [0.15, 0.2) is 48.1 Å². The Bertz CT molecular complexity index is 818. The molecular formula is C15H11N3O3S. The predicted octanol–water partition coefficient (Wildman–Crippen LogP) is 3.79. The minimum Gasteiger partial charge on any atom is -0.490 e. The van der Waals surface area contributed by atoms with Crippen LogP contribution in [0.25, 0.3) is 21.8 Å². The number of benzene rings is 1. The van der Waals surface area contributed by atoms with Crippen LogP contribution in [0.2, 0.25) is 0 Å². The van der Waals surface area contributed by atoms with Gasteiger partial charge in [-0.15, -0.1) is 11.3 Å². The molecule has 0 aliphatic carbocycles. The predicted molar refractivity (Wildman–Crippen MR) is 84.0 cm³/mol. The molecule has 0 fully saturated rings. The van der Waals surface area contributed by atoms with Crippen molar-refractivity contribution in [3.63, 3.8) is 0 Å². The summed E-state index contributed by atoms with van der Waals surface area (Å²) in [5.74, 6) is 0.235. The molecule has 0 saturated carbocycles. The molecule has 2 aromatic heterocycles. The summed E-state index contributed by atoms with van der Waals surface area (Å²) < 4.78 is 5.01. The lowest BCUT2D eigenvalue weighted by atomic mass is 10.1. The number of ether oxygens (including phenoxy) is 1. The first-order valence-corrected chi connectivity index (χ1v) is 7.25. The number of hydrogen-bond donors (Lipinski definition) is 0. The Morgan fingerprint density at radius 3 is 2.64 bits per heavy atom. The molecule has 2 heterocycles. The molecule has 3 aromatic rings. The molecule has 110 valence electrons. The topological polar surface area (TPSA) is 78.2 Å². The number of nitrogens with zero attached hydrogens (tertiary/aromatic N) is 3. The summed E-state index contributed by atoms with van der Waals surface area (Å²) >= 11 is 1.48. The van der Waals surface area contributed by atoms with E-state index in [0.717, 1.165) is 10.6 Å². The number of nitro groups is 1. The maximum Gasteiger partial charge on any atom is 0.311 e. The zero-order valence-corrected chi connectivity index (χ0v) is 12.4. The van der Waals surface area contributed by atoms with Gasteiger partial charge in [-0.1, -0.05) is 0 Å². The standard InChI is InChI=1S/C15H11N3O3S/c1-21-14-3-2-11(8-13(14)18(19)20)12-9-22-15(17-12)10-4-6-16-7-5-10/h2-9H,1H3. The molecule has 0 spiro atoms. The molecule has 0 bridgehead atoms. The van der Waals surface area contributed by atoms with Crippen LogP contribution in [0.1, 0.15) is 0 Å². The van der Waals surface area contributed by atoms with E-state index in [2.05, 4.69) is 9.97 Å². The van der Waals surface area contributed by atoms with Gasteiger partial charge in [-0.3, -0.25) is 15.1 Å². The van der Waals surface area contributed by atoms with Crippen LogP contribution in [-0.2, 0) is 0 Å². The monoisotopic (exact) mass is 313 g/mol. The zero-order chi connectivity index (χ0) is 15.5. The number of methoxy groups -OCH3 is 1. The normalized spacial score (nSPS) is 10.4. The van der Waals surface area contributed by atoms with Crippen molar-refractivity contribution in [3.05, 3.63) is 58.2 Å². The molecule has 0 atom stereocenters. The van der Waals surface area contributed by atoms with Gasteiger partial charge >= 0.3 is 5.69 Å². The van der Waals surface area contributed by atoms with Gasteiger partial charge in [-0.05, 0) is 24.3 Å². The largest absolute Gasteiger partial charge is 0.490 e. The first-order chi connectivity index (χ1) is 10.7. The van der Waals surface area contributed by atoms with Crippen molar-refractivity contribution < 1.29 is 9.66 Å². The van der Waals surface area contributed by atoms with Gasteiger partial charge in [0.2, 0.25) is 0 Å². The lowest BCUT2D eigenvalue weighted by molar-refractivity contribution is -0.385. The molecule has 0 aliphatic heterocycles. The number of rotatable bonds is 4. The van der Waals surface area contributed by atoms with E-state index >= 15 is 0 Å². The Hall–Kier alpha value is -2.80. The quantitative estimate of drug-likeness (QED) is 0.541. The van der Waals surface area contributed by atoms with Crippen molar-refractivity contribution in [1.29, 1.82) is 0 Å². The summed E-state index contributed by atoms with van der Waals surface area (Å²) in [7, 11) is 1.41. The highest BCUT2D eigenvalue weighted by Gasteiger charge is 2.17. The van der Waals surface area contributed by atoms with Crippen LogP contribution in [0, 0.1) is 10.1 Å². The van der Waals surface area contributed by atoms with E-state index in [1.54, 1.807) is 24.5 Å². The fourth-order valence-corrected chi connectivity index (χ4v) is 2.86. The van der Waals surface area contributed by atoms with Crippen molar-refractivity contribution >= 4 is 17.0 Å². The summed E-state index contributed by atoms with van der Waals surface area (Å²) in [4.78, 5) is 19.1. The second-order valence-corrected chi connectivity index (χ2v) is 5.28. The van der Waals surface area contributed by atoms with Gasteiger partial charge in [0.15, 0.2) is 5.75 Å². The summed E-state index contributed by atoms with van der Waals surface area (Å²) in [6.45, 7) is 0. The second kappa shape index (κ2) is 5.90. The van der Waals surface area contributed by atoms with Crippen LogP contribution < -0.4 is 4.74 Å². The molecule has 0 amide bonds. The van der Waals surface area contributed by atoms with Gasteiger partial charge in [0.1, 0.15) is 5.01 Å². The van der Waals surface area contributed by atoms with Crippen LogP contribution in [-0.4, -0.2) is 22.0 Å². The average molecular weight is 313 g/mol. The van der Waals surface area contributed by atoms with E-state index in [1.165, 1.54) is 24.5 Å². The van der Waals surface area contributed by atoms with E-state index < -0.39 is 4.92 Å². The molecule has 1 aromatic carbocycles. The third-order valence-corrected chi connectivity index (χ3v) is 3.99. The summed E-state index contributed by atoms with van der Waals surface area (Å²) in [5.41, 5.74) is 2.28. The molecule has 7 heteroatoms. The van der Waals surface area contributed by atoms with Crippen LogP contribution in [0.4, 0.5) is 5.69 Å². The van der Waals surface area contributed by atoms with E-state index in [0.29, 0.717) is 11.3 Å². The Balaban J connectivity index is 2.00. The van der Waals surface area contributed by atoms with Gasteiger partial charge in [0, 0.05) is 35.0 Å². The van der Waals surface area contributed by atoms with Crippen molar-refractivity contribution in [2.45, 2.75) is 0 Å². The Labute approximate surface area is 130 Å². The Kier molecular flexibility index (Phi) is 3.80. The van der Waals surface area contributed by atoms with E-state index in [4.69, 9.17) is 4.74 Å². The third-order valence-electron chi connectivity index (χ3n) is 3.10. The molecule has 22 heavy (non-hydrogen) atoms. The van der Waals surface area contributed by atoms with Crippen molar-refractivity contribution in [3.8, 4) is 27.6 Å². The zero-order valence-electron chi connectivity index (χ0n) is 11.6. The van der Waals surface area contributed by atoms with Gasteiger partial charge in [-0.2, -0.15) is 0 Å². The summed E-state index contributed by atoms with van der Waals surface area (Å²) in [6, 6.07) is 8.57. The molecule has 6 nitrogen and oxygen atoms in total. The highest BCUT2D eigenvalue weighted by Crippen LogP contribution is 2.34. The van der Waals surface area contributed by atoms with Gasteiger partial charge in [0.25, 0.3) is 0 Å². The second-order valence-electron chi connectivity index (χ2n) is 4.42. The molecule has 3 rings (SSSR count). The maximum absolute atomic E-state index is 11.1. The molecular weight excluding hydrogens is 302 g/mol. The lowest BCUT2D eigenvalue weighted by Gasteiger charge is -2.03. The molecule has 0 N–H and O–H groups in total. The van der Waals surface area contributed by atoms with E-state index in [9.17, 15) is 10.1 Å². The highest BCUT2D eigenvalue weighted by molar-refractivity contribution is 7.13. The summed E-state index contributed by atoms with van der Waals surface area (Å²) in [6.07, 6.45) is 3.41. The Morgan fingerprint density at radius 1 is 1.18 bits per heavy atom. The number of aromatic nitrogens is 2. The number of thiazole rings is 1. The van der Waals surface area contributed by atoms with Crippen molar-refractivity contribution in [2.75, 3.05) is 7.11 Å². The fourth-order valence-electron chi connectivity index (χ4n) is 2.03. The van der Waals surface area contributed by atoms with Gasteiger partial charge < -0.3 is 4.74 Å². The van der Waals surface area contributed by atoms with Crippen molar-refractivity contribution in [2.24, 2.45) is 0 Å². The number of pyridine rings is 1. The molecule has 0 unspecified atom stereocenters. The lowest BCUT2D eigenvalue weighted by Crippen LogP contribution is -1.94. The number of hydrogen-bond acceptors (Lipinski definition) is 6. The van der Waals surface area contributed by atoms with Gasteiger partial charge in [0.05, 0.1) is 17.7 Å². The third kappa shape index (κ3) is 2.66. The molecule has 0 radical (unpaired) electrons. The maximum atomic E-state index is 11.1. The summed E-state index contributed by atoms with van der Waals surface area (Å²) in [5, 5.41) is 13.8. The highest BCUT2D eigenvalue weighted by atomic mass is 32.1.